The average molecular weight is 287 g/mol. The van der Waals surface area contributed by atoms with Crippen molar-refractivity contribution in [3.8, 4) is 0 Å². The van der Waals surface area contributed by atoms with Crippen molar-refractivity contribution in [1.82, 2.24) is 0 Å². The molecule has 6 heteroatoms. The summed E-state index contributed by atoms with van der Waals surface area (Å²) in [6.45, 7) is 2.37. The molecule has 0 saturated heterocycles. The van der Waals surface area contributed by atoms with Gasteiger partial charge in [-0.25, -0.2) is 13.6 Å². The Kier molecular flexibility index (Phi) is 6.38. The molecule has 0 fully saturated rings. The van der Waals surface area contributed by atoms with Crippen molar-refractivity contribution in [2.75, 3.05) is 26.1 Å². The van der Waals surface area contributed by atoms with Gasteiger partial charge in [0.05, 0.1) is 25.0 Å². The third kappa shape index (κ3) is 3.90. The van der Waals surface area contributed by atoms with E-state index in [1.165, 1.54) is 12.1 Å². The predicted molar refractivity (Wildman–Crippen MR) is 71.9 cm³/mol. The SMILES string of the molecule is CCCC(COC)Nc1ccc(C(=O)OC)c(F)c1F. The summed E-state index contributed by atoms with van der Waals surface area (Å²) in [5.41, 5.74) is -0.417. The molecular weight excluding hydrogens is 268 g/mol. The lowest BCUT2D eigenvalue weighted by molar-refractivity contribution is 0.0594. The van der Waals surface area contributed by atoms with Crippen LogP contribution in [-0.2, 0) is 9.47 Å². The number of halogens is 2. The second-order valence-corrected chi connectivity index (χ2v) is 4.37. The summed E-state index contributed by atoms with van der Waals surface area (Å²) < 4.78 is 37.1. The topological polar surface area (TPSA) is 47.6 Å². The lowest BCUT2D eigenvalue weighted by Gasteiger charge is -2.19. The van der Waals surface area contributed by atoms with Crippen LogP contribution in [0.1, 0.15) is 30.1 Å². The summed E-state index contributed by atoms with van der Waals surface area (Å²) >= 11 is 0. The number of ether oxygens (including phenoxy) is 2. The monoisotopic (exact) mass is 287 g/mol. The molecule has 0 bridgehead atoms. The lowest BCUT2D eigenvalue weighted by atomic mass is 10.1. The van der Waals surface area contributed by atoms with Gasteiger partial charge in [0.1, 0.15) is 0 Å². The molecule has 1 atom stereocenters. The van der Waals surface area contributed by atoms with Crippen LogP contribution in [0.3, 0.4) is 0 Å². The van der Waals surface area contributed by atoms with Gasteiger partial charge in [0, 0.05) is 13.2 Å². The van der Waals surface area contributed by atoms with Gasteiger partial charge in [-0.3, -0.25) is 0 Å². The standard InChI is InChI=1S/C14H19F2NO3/c1-4-5-9(8-19-2)17-11-7-6-10(14(18)20-3)12(15)13(11)16/h6-7,9,17H,4-5,8H2,1-3H3. The molecule has 0 aliphatic carbocycles. The second kappa shape index (κ2) is 7.79. The molecule has 1 rings (SSSR count). The summed E-state index contributed by atoms with van der Waals surface area (Å²) in [6, 6.07) is 2.40. The Labute approximate surface area is 117 Å². The van der Waals surface area contributed by atoms with E-state index in [-0.39, 0.29) is 11.7 Å². The van der Waals surface area contributed by atoms with E-state index in [0.717, 1.165) is 20.0 Å². The number of benzene rings is 1. The Morgan fingerprint density at radius 3 is 2.55 bits per heavy atom. The molecule has 0 spiro atoms. The van der Waals surface area contributed by atoms with E-state index in [0.29, 0.717) is 6.61 Å². The number of rotatable bonds is 7. The number of nitrogens with one attached hydrogen (secondary N) is 1. The van der Waals surface area contributed by atoms with Crippen LogP contribution in [0.4, 0.5) is 14.5 Å². The van der Waals surface area contributed by atoms with Crippen molar-refractivity contribution in [1.29, 1.82) is 0 Å². The molecule has 0 aliphatic heterocycles. The lowest BCUT2D eigenvalue weighted by Crippen LogP contribution is -2.25. The van der Waals surface area contributed by atoms with Crippen molar-refractivity contribution in [3.05, 3.63) is 29.3 Å². The fraction of sp³-hybridized carbons (Fsp3) is 0.500. The third-order valence-electron chi connectivity index (χ3n) is 2.85. The number of esters is 1. The van der Waals surface area contributed by atoms with Crippen LogP contribution in [-0.4, -0.2) is 32.8 Å². The van der Waals surface area contributed by atoms with E-state index in [9.17, 15) is 13.6 Å². The van der Waals surface area contributed by atoms with Crippen molar-refractivity contribution in [2.24, 2.45) is 0 Å². The van der Waals surface area contributed by atoms with Gasteiger partial charge in [0.25, 0.3) is 0 Å². The minimum Gasteiger partial charge on any atom is -0.465 e. The zero-order valence-corrected chi connectivity index (χ0v) is 11.8. The number of carbonyl (C=O) groups excluding carboxylic acids is 1. The van der Waals surface area contributed by atoms with E-state index in [4.69, 9.17) is 4.74 Å². The molecule has 1 N–H and O–H groups in total. The Balaban J connectivity index is 2.96. The largest absolute Gasteiger partial charge is 0.465 e. The highest BCUT2D eigenvalue weighted by molar-refractivity contribution is 5.90. The Morgan fingerprint density at radius 2 is 2.00 bits per heavy atom. The van der Waals surface area contributed by atoms with Gasteiger partial charge in [-0.2, -0.15) is 0 Å². The molecule has 0 aliphatic rings. The quantitative estimate of drug-likeness (QED) is 0.783. The molecule has 112 valence electrons. The minimum absolute atomic E-state index is 0.00523. The van der Waals surface area contributed by atoms with Crippen LogP contribution in [0.2, 0.25) is 0 Å². The molecule has 0 heterocycles. The van der Waals surface area contributed by atoms with Crippen LogP contribution >= 0.6 is 0 Å². The number of methoxy groups -OCH3 is 2. The van der Waals surface area contributed by atoms with Crippen LogP contribution in [0, 0.1) is 11.6 Å². The summed E-state index contributed by atoms with van der Waals surface area (Å²) in [4.78, 5) is 11.3. The first-order valence-corrected chi connectivity index (χ1v) is 6.36. The highest BCUT2D eigenvalue weighted by atomic mass is 19.2. The minimum atomic E-state index is -1.21. The van der Waals surface area contributed by atoms with Crippen LogP contribution in [0.15, 0.2) is 12.1 Å². The van der Waals surface area contributed by atoms with Crippen molar-refractivity contribution in [2.45, 2.75) is 25.8 Å². The summed E-state index contributed by atoms with van der Waals surface area (Å²) in [5.74, 6) is -3.21. The highest BCUT2D eigenvalue weighted by Gasteiger charge is 2.20. The molecule has 0 saturated carbocycles. The molecule has 1 aromatic carbocycles. The number of anilines is 1. The fourth-order valence-corrected chi connectivity index (χ4v) is 1.90. The smallest absolute Gasteiger partial charge is 0.340 e. The number of hydrogen-bond acceptors (Lipinski definition) is 4. The van der Waals surface area contributed by atoms with Crippen LogP contribution < -0.4 is 5.32 Å². The van der Waals surface area contributed by atoms with E-state index in [2.05, 4.69) is 10.1 Å². The van der Waals surface area contributed by atoms with Crippen LogP contribution in [0.5, 0.6) is 0 Å². The molecule has 1 aromatic rings. The van der Waals surface area contributed by atoms with Gasteiger partial charge in [0.2, 0.25) is 0 Å². The average Bonchev–Trinajstić information content (AvgIpc) is 2.44. The zero-order valence-electron chi connectivity index (χ0n) is 11.8. The van der Waals surface area contributed by atoms with Gasteiger partial charge < -0.3 is 14.8 Å². The second-order valence-electron chi connectivity index (χ2n) is 4.37. The molecular formula is C14H19F2NO3. The maximum absolute atomic E-state index is 13.9. The fourth-order valence-electron chi connectivity index (χ4n) is 1.90. The Bertz CT molecular complexity index is 460. The van der Waals surface area contributed by atoms with Crippen molar-refractivity contribution >= 4 is 11.7 Å². The van der Waals surface area contributed by atoms with E-state index >= 15 is 0 Å². The third-order valence-corrected chi connectivity index (χ3v) is 2.85. The molecule has 0 amide bonds. The van der Waals surface area contributed by atoms with Crippen molar-refractivity contribution < 1.29 is 23.0 Å². The first kappa shape index (κ1) is 16.4. The van der Waals surface area contributed by atoms with E-state index in [1.54, 1.807) is 7.11 Å². The van der Waals surface area contributed by atoms with Gasteiger partial charge in [0.15, 0.2) is 11.6 Å². The highest BCUT2D eigenvalue weighted by Crippen LogP contribution is 2.22. The normalized spacial score (nSPS) is 12.1. The summed E-state index contributed by atoms with van der Waals surface area (Å²) in [7, 11) is 2.66. The first-order chi connectivity index (χ1) is 9.54. The van der Waals surface area contributed by atoms with Gasteiger partial charge in [-0.1, -0.05) is 13.3 Å². The van der Waals surface area contributed by atoms with Crippen LogP contribution in [0.25, 0.3) is 0 Å². The van der Waals surface area contributed by atoms with Gasteiger partial charge >= 0.3 is 5.97 Å². The van der Waals surface area contributed by atoms with Gasteiger partial charge in [-0.15, -0.1) is 0 Å². The summed E-state index contributed by atoms with van der Waals surface area (Å²) in [5, 5.41) is 2.88. The molecule has 0 aromatic heterocycles. The summed E-state index contributed by atoms with van der Waals surface area (Å²) in [6.07, 6.45) is 1.64. The Morgan fingerprint density at radius 1 is 1.30 bits per heavy atom. The maximum atomic E-state index is 13.9. The maximum Gasteiger partial charge on any atom is 0.340 e. The number of carbonyl (C=O) groups is 1. The molecule has 0 radical (unpaired) electrons. The molecule has 1 unspecified atom stereocenters. The van der Waals surface area contributed by atoms with Gasteiger partial charge in [-0.05, 0) is 18.6 Å². The zero-order chi connectivity index (χ0) is 15.1. The molecule has 4 nitrogen and oxygen atoms in total. The number of hydrogen-bond donors (Lipinski definition) is 1. The van der Waals surface area contributed by atoms with E-state index in [1.807, 2.05) is 6.92 Å². The Hall–Kier alpha value is -1.69. The first-order valence-electron chi connectivity index (χ1n) is 6.36. The van der Waals surface area contributed by atoms with E-state index < -0.39 is 23.2 Å². The van der Waals surface area contributed by atoms with Crippen molar-refractivity contribution in [3.63, 3.8) is 0 Å². The predicted octanol–water partition coefficient (Wildman–Crippen LogP) is 2.98. The molecule has 20 heavy (non-hydrogen) atoms.